The molecular weight excluding hydrogens is 250 g/mol. The van der Waals surface area contributed by atoms with E-state index in [2.05, 4.69) is 4.98 Å². The van der Waals surface area contributed by atoms with Crippen molar-refractivity contribution in [3.05, 3.63) is 35.5 Å². The van der Waals surface area contributed by atoms with Crippen molar-refractivity contribution in [1.29, 1.82) is 0 Å². The zero-order chi connectivity index (χ0) is 12.6. The molecule has 17 heavy (non-hydrogen) atoms. The van der Waals surface area contributed by atoms with E-state index in [4.69, 9.17) is 10.8 Å². The molecule has 2 rings (SSSR count). The van der Waals surface area contributed by atoms with Gasteiger partial charge in [0.15, 0.2) is 10.8 Å². The molecule has 0 saturated heterocycles. The van der Waals surface area contributed by atoms with Crippen LogP contribution in [0.1, 0.15) is 10.5 Å². The second-order valence-electron chi connectivity index (χ2n) is 3.13. The van der Waals surface area contributed by atoms with Gasteiger partial charge >= 0.3 is 5.97 Å². The van der Waals surface area contributed by atoms with Gasteiger partial charge in [-0.25, -0.2) is 18.6 Å². The van der Waals surface area contributed by atoms with Gasteiger partial charge in [0.2, 0.25) is 0 Å². The number of rotatable bonds is 2. The van der Waals surface area contributed by atoms with E-state index < -0.39 is 28.9 Å². The lowest BCUT2D eigenvalue weighted by atomic mass is 10.1. The van der Waals surface area contributed by atoms with Gasteiger partial charge in [-0.3, -0.25) is 0 Å². The highest BCUT2D eigenvalue weighted by atomic mass is 32.1. The summed E-state index contributed by atoms with van der Waals surface area (Å²) in [5.41, 5.74) is 4.49. The molecule has 0 unspecified atom stereocenters. The second-order valence-corrected chi connectivity index (χ2v) is 4.16. The Balaban J connectivity index is 2.72. The Morgan fingerprint density at radius 1 is 1.35 bits per heavy atom. The van der Waals surface area contributed by atoms with Crippen molar-refractivity contribution in [3.63, 3.8) is 0 Å². The summed E-state index contributed by atoms with van der Waals surface area (Å²) in [6, 6.07) is 3.28. The molecule has 0 spiro atoms. The zero-order valence-corrected chi connectivity index (χ0v) is 9.09. The predicted octanol–water partition coefficient (Wildman–Crippen LogP) is 2.37. The topological polar surface area (TPSA) is 76.2 Å². The maximum atomic E-state index is 13.5. The van der Waals surface area contributed by atoms with Crippen LogP contribution in [0.2, 0.25) is 0 Å². The van der Waals surface area contributed by atoms with Crippen LogP contribution in [-0.2, 0) is 0 Å². The minimum atomic E-state index is -1.38. The van der Waals surface area contributed by atoms with E-state index in [1.807, 2.05) is 0 Å². The fourth-order valence-electron chi connectivity index (χ4n) is 1.37. The van der Waals surface area contributed by atoms with Crippen molar-refractivity contribution in [3.8, 4) is 10.4 Å². The van der Waals surface area contributed by atoms with Gasteiger partial charge < -0.3 is 10.8 Å². The number of aromatic carboxylic acids is 1. The number of aromatic nitrogens is 1. The smallest absolute Gasteiger partial charge is 0.356 e. The number of carboxylic acids is 1. The van der Waals surface area contributed by atoms with Crippen LogP contribution in [0.15, 0.2) is 18.2 Å². The van der Waals surface area contributed by atoms with Crippen LogP contribution in [0.3, 0.4) is 0 Å². The first-order chi connectivity index (χ1) is 8.00. The maximum Gasteiger partial charge on any atom is 0.356 e. The Hall–Kier alpha value is -2.02. The fraction of sp³-hybridized carbons (Fsp3) is 0. The Morgan fingerprint density at radius 2 is 1.94 bits per heavy atom. The first-order valence-electron chi connectivity index (χ1n) is 4.44. The van der Waals surface area contributed by atoms with Gasteiger partial charge in [0, 0.05) is 0 Å². The van der Waals surface area contributed by atoms with Crippen LogP contribution in [0.5, 0.6) is 0 Å². The van der Waals surface area contributed by atoms with E-state index in [9.17, 15) is 13.6 Å². The normalized spacial score (nSPS) is 10.5. The number of carboxylic acid groups (broad SMARTS) is 1. The van der Waals surface area contributed by atoms with Crippen LogP contribution >= 0.6 is 11.3 Å². The summed E-state index contributed by atoms with van der Waals surface area (Å²) in [6.45, 7) is 0. The molecule has 3 N–H and O–H groups in total. The fourth-order valence-corrected chi connectivity index (χ4v) is 2.24. The molecule has 2 aromatic rings. The highest BCUT2D eigenvalue weighted by molar-refractivity contribution is 7.19. The molecule has 0 radical (unpaired) electrons. The quantitative estimate of drug-likeness (QED) is 0.864. The average Bonchev–Trinajstić information content (AvgIpc) is 2.60. The van der Waals surface area contributed by atoms with Gasteiger partial charge in [0.1, 0.15) is 11.6 Å². The van der Waals surface area contributed by atoms with Gasteiger partial charge in [0.25, 0.3) is 0 Å². The molecular formula is C10H6F2N2O2S. The largest absolute Gasteiger partial charge is 0.476 e. The molecule has 1 aromatic heterocycles. The van der Waals surface area contributed by atoms with Crippen molar-refractivity contribution >= 4 is 22.4 Å². The number of nitrogen functional groups attached to an aromatic ring is 1. The van der Waals surface area contributed by atoms with Gasteiger partial charge in [-0.15, -0.1) is 0 Å². The molecule has 0 aliphatic rings. The summed E-state index contributed by atoms with van der Waals surface area (Å²) >= 11 is 0.730. The third kappa shape index (κ3) is 1.96. The number of halogens is 2. The van der Waals surface area contributed by atoms with Crippen molar-refractivity contribution in [2.45, 2.75) is 0 Å². The van der Waals surface area contributed by atoms with E-state index in [1.165, 1.54) is 6.07 Å². The highest BCUT2D eigenvalue weighted by Gasteiger charge is 2.22. The van der Waals surface area contributed by atoms with E-state index >= 15 is 0 Å². The molecule has 0 fully saturated rings. The van der Waals surface area contributed by atoms with Crippen molar-refractivity contribution in [1.82, 2.24) is 4.98 Å². The molecule has 88 valence electrons. The summed E-state index contributed by atoms with van der Waals surface area (Å²) in [5, 5.41) is 8.81. The van der Waals surface area contributed by atoms with E-state index in [0.29, 0.717) is 0 Å². The molecule has 7 heteroatoms. The number of benzene rings is 1. The first-order valence-corrected chi connectivity index (χ1v) is 5.26. The zero-order valence-electron chi connectivity index (χ0n) is 8.28. The molecule has 1 heterocycles. The predicted molar refractivity (Wildman–Crippen MR) is 58.8 cm³/mol. The van der Waals surface area contributed by atoms with Crippen molar-refractivity contribution < 1.29 is 18.7 Å². The molecule has 0 saturated carbocycles. The molecule has 0 aliphatic heterocycles. The molecule has 0 atom stereocenters. The monoisotopic (exact) mass is 256 g/mol. The third-order valence-electron chi connectivity index (χ3n) is 2.04. The Morgan fingerprint density at radius 3 is 2.47 bits per heavy atom. The van der Waals surface area contributed by atoms with Gasteiger partial charge in [-0.2, -0.15) is 0 Å². The van der Waals surface area contributed by atoms with Gasteiger partial charge in [-0.05, 0) is 12.1 Å². The standard InChI is InChI=1S/C10H6F2N2O2S/c11-4-2-1-3-5(12)6(4)8-7(9(15)16)14-10(13)17-8/h1-3H,(H2,13,14)(H,15,16). The number of hydrogen-bond acceptors (Lipinski definition) is 4. The summed E-state index contributed by atoms with van der Waals surface area (Å²) < 4.78 is 27.0. The number of nitrogens with zero attached hydrogens (tertiary/aromatic N) is 1. The molecule has 0 aliphatic carbocycles. The van der Waals surface area contributed by atoms with E-state index in [0.717, 1.165) is 23.5 Å². The SMILES string of the molecule is Nc1nc(C(=O)O)c(-c2c(F)cccc2F)s1. The Kier molecular flexibility index (Phi) is 2.76. The van der Waals surface area contributed by atoms with Crippen LogP contribution < -0.4 is 5.73 Å². The lowest BCUT2D eigenvalue weighted by Crippen LogP contribution is -2.01. The number of hydrogen-bond donors (Lipinski definition) is 2. The van der Waals surface area contributed by atoms with E-state index in [-0.39, 0.29) is 10.0 Å². The summed E-state index contributed by atoms with van der Waals surface area (Å²) in [5.74, 6) is -3.08. The minimum absolute atomic E-state index is 0.0555. The van der Waals surface area contributed by atoms with Crippen LogP contribution in [-0.4, -0.2) is 16.1 Å². The van der Waals surface area contributed by atoms with Gasteiger partial charge in [0.05, 0.1) is 10.4 Å². The van der Waals surface area contributed by atoms with Crippen molar-refractivity contribution in [2.75, 3.05) is 5.73 Å². The number of thiazole rings is 1. The summed E-state index contributed by atoms with van der Waals surface area (Å²) in [6.07, 6.45) is 0. The molecule has 0 amide bonds. The lowest BCUT2D eigenvalue weighted by molar-refractivity contribution is 0.0692. The minimum Gasteiger partial charge on any atom is -0.476 e. The first kappa shape index (κ1) is 11.5. The maximum absolute atomic E-state index is 13.5. The molecule has 4 nitrogen and oxygen atoms in total. The summed E-state index contributed by atoms with van der Waals surface area (Å²) in [4.78, 5) is 14.3. The lowest BCUT2D eigenvalue weighted by Gasteiger charge is -2.02. The van der Waals surface area contributed by atoms with Crippen LogP contribution in [0, 0.1) is 11.6 Å². The Labute approximate surface area is 98.3 Å². The number of carbonyl (C=O) groups is 1. The van der Waals surface area contributed by atoms with Crippen molar-refractivity contribution in [2.24, 2.45) is 0 Å². The Bertz CT molecular complexity index is 578. The van der Waals surface area contributed by atoms with Crippen LogP contribution in [0.4, 0.5) is 13.9 Å². The number of anilines is 1. The third-order valence-corrected chi connectivity index (χ3v) is 2.94. The van der Waals surface area contributed by atoms with Crippen LogP contribution in [0.25, 0.3) is 10.4 Å². The number of nitrogens with two attached hydrogens (primary N) is 1. The average molecular weight is 256 g/mol. The molecule has 0 bridgehead atoms. The molecule has 1 aromatic carbocycles. The highest BCUT2D eigenvalue weighted by Crippen LogP contribution is 2.35. The van der Waals surface area contributed by atoms with E-state index in [1.54, 1.807) is 0 Å². The summed E-state index contributed by atoms with van der Waals surface area (Å²) in [7, 11) is 0. The van der Waals surface area contributed by atoms with Gasteiger partial charge in [-0.1, -0.05) is 17.4 Å². The second kappa shape index (κ2) is 4.10.